The maximum Gasteiger partial charge on any atom is 0.236 e. The number of likely N-dealkylation sites (tertiary alicyclic amines) is 1. The SMILES string of the molecule is CCN(C)C(=O)CN1CCC(c2ccc3[nH]c(-c4cc(C)nc(C)c4)c(C(C)C)c3c2)CC1. The van der Waals surface area contributed by atoms with Gasteiger partial charge in [-0.05, 0) is 93.9 Å². The second-order valence-corrected chi connectivity index (χ2v) is 9.97. The number of pyridine rings is 1. The first-order chi connectivity index (χ1) is 15.8. The molecule has 0 bridgehead atoms. The van der Waals surface area contributed by atoms with Crippen LogP contribution in [0.2, 0.25) is 0 Å². The van der Waals surface area contributed by atoms with Crippen molar-refractivity contribution in [1.82, 2.24) is 19.8 Å². The average molecular weight is 447 g/mol. The van der Waals surface area contributed by atoms with Gasteiger partial charge in [0, 0.05) is 41.4 Å². The van der Waals surface area contributed by atoms with E-state index in [1.54, 1.807) is 0 Å². The lowest BCUT2D eigenvalue weighted by molar-refractivity contribution is -0.131. The minimum atomic E-state index is 0.223. The largest absolute Gasteiger partial charge is 0.354 e. The molecule has 0 radical (unpaired) electrons. The van der Waals surface area contributed by atoms with Gasteiger partial charge in [-0.3, -0.25) is 14.7 Å². The molecule has 1 aliphatic rings. The van der Waals surface area contributed by atoms with Gasteiger partial charge in [-0.2, -0.15) is 0 Å². The molecule has 176 valence electrons. The van der Waals surface area contributed by atoms with Gasteiger partial charge in [-0.1, -0.05) is 19.9 Å². The van der Waals surface area contributed by atoms with Crippen LogP contribution < -0.4 is 0 Å². The van der Waals surface area contributed by atoms with Crippen LogP contribution in [0.1, 0.15) is 68.0 Å². The Morgan fingerprint density at radius 1 is 1.15 bits per heavy atom. The monoisotopic (exact) mass is 446 g/mol. The van der Waals surface area contributed by atoms with E-state index in [1.807, 2.05) is 18.9 Å². The quantitative estimate of drug-likeness (QED) is 0.534. The van der Waals surface area contributed by atoms with Crippen molar-refractivity contribution < 1.29 is 4.79 Å². The highest BCUT2D eigenvalue weighted by Crippen LogP contribution is 2.38. The van der Waals surface area contributed by atoms with Crippen LogP contribution in [0.4, 0.5) is 0 Å². The lowest BCUT2D eigenvalue weighted by atomic mass is 9.87. The highest BCUT2D eigenvalue weighted by atomic mass is 16.2. The van der Waals surface area contributed by atoms with E-state index in [4.69, 9.17) is 0 Å². The number of aryl methyl sites for hydroxylation is 2. The molecule has 1 aromatic carbocycles. The van der Waals surface area contributed by atoms with Crippen molar-refractivity contribution in [2.45, 2.75) is 59.3 Å². The van der Waals surface area contributed by atoms with Crippen molar-refractivity contribution in [3.8, 4) is 11.3 Å². The Kier molecular flexibility index (Phi) is 6.89. The molecular weight excluding hydrogens is 408 g/mol. The molecule has 4 rings (SSSR count). The number of likely N-dealkylation sites (N-methyl/N-ethyl adjacent to an activating group) is 1. The Bertz CT molecular complexity index is 1120. The fourth-order valence-electron chi connectivity index (χ4n) is 5.20. The Morgan fingerprint density at radius 2 is 1.82 bits per heavy atom. The number of amides is 1. The van der Waals surface area contributed by atoms with E-state index in [9.17, 15) is 4.79 Å². The van der Waals surface area contributed by atoms with Gasteiger partial charge >= 0.3 is 0 Å². The van der Waals surface area contributed by atoms with Gasteiger partial charge in [0.05, 0.1) is 12.2 Å². The third-order valence-electron chi connectivity index (χ3n) is 7.13. The second-order valence-electron chi connectivity index (χ2n) is 9.97. The van der Waals surface area contributed by atoms with Crippen LogP contribution in [-0.2, 0) is 4.79 Å². The van der Waals surface area contributed by atoms with E-state index >= 15 is 0 Å². The zero-order chi connectivity index (χ0) is 23.7. The van der Waals surface area contributed by atoms with E-state index in [-0.39, 0.29) is 5.91 Å². The molecule has 5 heteroatoms. The molecule has 0 aliphatic carbocycles. The lowest BCUT2D eigenvalue weighted by Gasteiger charge is -2.32. The Labute approximate surface area is 198 Å². The van der Waals surface area contributed by atoms with Crippen molar-refractivity contribution in [2.24, 2.45) is 0 Å². The first-order valence-corrected chi connectivity index (χ1v) is 12.3. The molecule has 1 aliphatic heterocycles. The molecule has 0 saturated carbocycles. The summed E-state index contributed by atoms with van der Waals surface area (Å²) in [5.74, 6) is 1.19. The van der Waals surface area contributed by atoms with Gasteiger partial charge in [0.1, 0.15) is 0 Å². The van der Waals surface area contributed by atoms with Crippen LogP contribution in [-0.4, -0.2) is 58.9 Å². The molecule has 0 spiro atoms. The molecule has 5 nitrogen and oxygen atoms in total. The van der Waals surface area contributed by atoms with Crippen molar-refractivity contribution in [3.05, 3.63) is 52.8 Å². The van der Waals surface area contributed by atoms with Crippen molar-refractivity contribution in [3.63, 3.8) is 0 Å². The number of hydrogen-bond donors (Lipinski definition) is 1. The van der Waals surface area contributed by atoms with Crippen molar-refractivity contribution >= 4 is 16.8 Å². The predicted octanol–water partition coefficient (Wildman–Crippen LogP) is 5.63. The molecule has 0 atom stereocenters. The zero-order valence-corrected chi connectivity index (χ0v) is 21.0. The summed E-state index contributed by atoms with van der Waals surface area (Å²) < 4.78 is 0. The number of nitrogens with one attached hydrogen (secondary N) is 1. The number of nitrogens with zero attached hydrogens (tertiary/aromatic N) is 3. The number of aromatic nitrogens is 2. The van der Waals surface area contributed by atoms with E-state index in [0.717, 1.165) is 43.9 Å². The minimum absolute atomic E-state index is 0.223. The lowest BCUT2D eigenvalue weighted by Crippen LogP contribution is -2.41. The van der Waals surface area contributed by atoms with E-state index in [1.165, 1.54) is 33.3 Å². The third-order valence-corrected chi connectivity index (χ3v) is 7.13. The molecule has 1 N–H and O–H groups in total. The van der Waals surface area contributed by atoms with Crippen LogP contribution in [0.25, 0.3) is 22.2 Å². The molecular formula is C28H38N4O. The highest BCUT2D eigenvalue weighted by Gasteiger charge is 2.24. The van der Waals surface area contributed by atoms with Crippen LogP contribution in [0, 0.1) is 13.8 Å². The molecule has 1 fully saturated rings. The van der Waals surface area contributed by atoms with Gasteiger partial charge in [-0.15, -0.1) is 0 Å². The predicted molar refractivity (Wildman–Crippen MR) is 137 cm³/mol. The number of rotatable bonds is 6. The summed E-state index contributed by atoms with van der Waals surface area (Å²) in [6, 6.07) is 11.3. The maximum absolute atomic E-state index is 12.3. The van der Waals surface area contributed by atoms with Gasteiger partial charge < -0.3 is 9.88 Å². The van der Waals surface area contributed by atoms with Crippen molar-refractivity contribution in [2.75, 3.05) is 33.2 Å². The van der Waals surface area contributed by atoms with Crippen molar-refractivity contribution in [1.29, 1.82) is 0 Å². The fourth-order valence-corrected chi connectivity index (χ4v) is 5.20. The standard InChI is InChI=1S/C28H38N4O/c1-7-31(6)26(33)17-32-12-10-21(11-13-32)22-8-9-25-24(16-22)27(18(2)3)28(30-25)23-14-19(4)29-20(5)15-23/h8-9,14-16,18,21,30H,7,10-13,17H2,1-6H3. The number of aromatic amines is 1. The van der Waals surface area contributed by atoms with E-state index in [2.05, 4.69) is 72.9 Å². The summed E-state index contributed by atoms with van der Waals surface area (Å²) in [6.45, 7) is 14.0. The number of H-pyrrole nitrogens is 1. The first kappa shape index (κ1) is 23.5. The molecule has 3 heterocycles. The number of piperidine rings is 1. The highest BCUT2D eigenvalue weighted by molar-refractivity contribution is 5.92. The number of fused-ring (bicyclic) bond motifs is 1. The molecule has 33 heavy (non-hydrogen) atoms. The maximum atomic E-state index is 12.3. The topological polar surface area (TPSA) is 52.2 Å². The number of benzene rings is 1. The number of carbonyl (C=O) groups is 1. The average Bonchev–Trinajstić information content (AvgIpc) is 3.17. The molecule has 2 aromatic heterocycles. The van der Waals surface area contributed by atoms with Crippen LogP contribution in [0.3, 0.4) is 0 Å². The van der Waals surface area contributed by atoms with Crippen LogP contribution in [0.5, 0.6) is 0 Å². The fraction of sp³-hybridized carbons (Fsp3) is 0.500. The van der Waals surface area contributed by atoms with E-state index < -0.39 is 0 Å². The Hall–Kier alpha value is -2.66. The minimum Gasteiger partial charge on any atom is -0.354 e. The van der Waals surface area contributed by atoms with Gasteiger partial charge in [0.2, 0.25) is 5.91 Å². The number of hydrogen-bond acceptors (Lipinski definition) is 3. The zero-order valence-electron chi connectivity index (χ0n) is 21.0. The van der Waals surface area contributed by atoms with Crippen LogP contribution >= 0.6 is 0 Å². The Morgan fingerprint density at radius 3 is 2.42 bits per heavy atom. The summed E-state index contributed by atoms with van der Waals surface area (Å²) in [5.41, 5.74) is 8.56. The van der Waals surface area contributed by atoms with Gasteiger partial charge in [0.15, 0.2) is 0 Å². The van der Waals surface area contributed by atoms with E-state index in [0.29, 0.717) is 18.4 Å². The second kappa shape index (κ2) is 9.68. The third kappa shape index (κ3) is 4.98. The van der Waals surface area contributed by atoms with Gasteiger partial charge in [-0.25, -0.2) is 0 Å². The molecule has 3 aromatic rings. The smallest absolute Gasteiger partial charge is 0.236 e. The summed E-state index contributed by atoms with van der Waals surface area (Å²) in [6.07, 6.45) is 2.21. The normalized spacial score (nSPS) is 15.5. The summed E-state index contributed by atoms with van der Waals surface area (Å²) in [5, 5.41) is 1.34. The Balaban J connectivity index is 1.59. The molecule has 1 amide bonds. The summed E-state index contributed by atoms with van der Waals surface area (Å²) in [4.78, 5) is 24.7. The van der Waals surface area contributed by atoms with Gasteiger partial charge in [0.25, 0.3) is 0 Å². The summed E-state index contributed by atoms with van der Waals surface area (Å²) in [7, 11) is 1.89. The summed E-state index contributed by atoms with van der Waals surface area (Å²) >= 11 is 0. The number of carbonyl (C=O) groups excluding carboxylic acids is 1. The first-order valence-electron chi connectivity index (χ1n) is 12.3. The van der Waals surface area contributed by atoms with Crippen LogP contribution in [0.15, 0.2) is 30.3 Å². The molecule has 1 saturated heterocycles. The molecule has 0 unspecified atom stereocenters.